The number of hydrogen-bond donors (Lipinski definition) is 1. The topological polar surface area (TPSA) is 69.0 Å². The molecule has 0 saturated carbocycles. The molecule has 0 saturated heterocycles. The molecular weight excluding hydrogens is 276 g/mol. The van der Waals surface area contributed by atoms with E-state index in [9.17, 15) is 4.79 Å². The van der Waals surface area contributed by atoms with Crippen molar-refractivity contribution in [2.45, 2.75) is 26.9 Å². The summed E-state index contributed by atoms with van der Waals surface area (Å²) in [5.41, 5.74) is 1.73. The van der Waals surface area contributed by atoms with Gasteiger partial charge in [-0.1, -0.05) is 0 Å². The summed E-state index contributed by atoms with van der Waals surface area (Å²) in [6, 6.07) is 0. The Morgan fingerprint density at radius 1 is 1.50 bits per heavy atom. The number of nitrogens with zero attached hydrogens (tertiary/aromatic N) is 3. The lowest BCUT2D eigenvalue weighted by Gasteiger charge is -2.08. The van der Waals surface area contributed by atoms with E-state index >= 15 is 0 Å². The van der Waals surface area contributed by atoms with Crippen LogP contribution in [0.4, 0.5) is 0 Å². The summed E-state index contributed by atoms with van der Waals surface area (Å²) in [7, 11) is 1.66. The van der Waals surface area contributed by atoms with Gasteiger partial charge in [0.05, 0.1) is 35.9 Å². The molecule has 2 rings (SSSR count). The van der Waals surface area contributed by atoms with E-state index in [-0.39, 0.29) is 5.91 Å². The fourth-order valence-corrected chi connectivity index (χ4v) is 2.72. The van der Waals surface area contributed by atoms with Crippen LogP contribution in [-0.2, 0) is 17.8 Å². The van der Waals surface area contributed by atoms with Crippen molar-refractivity contribution in [3.63, 3.8) is 0 Å². The van der Waals surface area contributed by atoms with Gasteiger partial charge in [-0.2, -0.15) is 0 Å². The van der Waals surface area contributed by atoms with Crippen molar-refractivity contribution >= 4 is 17.2 Å². The first-order chi connectivity index (χ1) is 9.61. The lowest BCUT2D eigenvalue weighted by Crippen LogP contribution is -2.24. The average molecular weight is 294 g/mol. The minimum Gasteiger partial charge on any atom is -0.383 e. The van der Waals surface area contributed by atoms with Crippen molar-refractivity contribution in [1.29, 1.82) is 0 Å². The van der Waals surface area contributed by atoms with Gasteiger partial charge in [0, 0.05) is 19.9 Å². The van der Waals surface area contributed by atoms with Crippen LogP contribution in [-0.4, -0.2) is 34.2 Å². The molecular formula is C13H18N4O2S. The molecule has 6 nitrogen and oxygen atoms in total. The quantitative estimate of drug-likeness (QED) is 0.877. The SMILES string of the molecule is COCCn1cncc1CNC(=O)c1sc(C)nc1C. The van der Waals surface area contributed by atoms with Crippen molar-refractivity contribution < 1.29 is 9.53 Å². The highest BCUT2D eigenvalue weighted by Crippen LogP contribution is 2.16. The summed E-state index contributed by atoms with van der Waals surface area (Å²) in [6.07, 6.45) is 3.49. The number of carbonyl (C=O) groups excluding carboxylic acids is 1. The summed E-state index contributed by atoms with van der Waals surface area (Å²) in [5.74, 6) is -0.0902. The first-order valence-electron chi connectivity index (χ1n) is 6.32. The van der Waals surface area contributed by atoms with E-state index in [1.165, 1.54) is 11.3 Å². The molecule has 1 N–H and O–H groups in total. The molecule has 0 bridgehead atoms. The van der Waals surface area contributed by atoms with E-state index in [1.807, 2.05) is 18.4 Å². The van der Waals surface area contributed by atoms with E-state index in [4.69, 9.17) is 4.74 Å². The number of ether oxygens (including phenoxy) is 1. The molecule has 0 unspecified atom stereocenters. The summed E-state index contributed by atoms with van der Waals surface area (Å²) in [5, 5.41) is 3.80. The molecule has 0 aliphatic heterocycles. The Labute approximate surface area is 121 Å². The number of rotatable bonds is 6. The van der Waals surface area contributed by atoms with Crippen molar-refractivity contribution in [2.24, 2.45) is 0 Å². The zero-order valence-corrected chi connectivity index (χ0v) is 12.7. The van der Waals surface area contributed by atoms with Gasteiger partial charge in [-0.25, -0.2) is 9.97 Å². The Morgan fingerprint density at radius 2 is 2.30 bits per heavy atom. The first kappa shape index (κ1) is 14.7. The maximum absolute atomic E-state index is 12.1. The minimum absolute atomic E-state index is 0.0902. The zero-order valence-electron chi connectivity index (χ0n) is 11.8. The maximum Gasteiger partial charge on any atom is 0.263 e. The summed E-state index contributed by atoms with van der Waals surface area (Å²) < 4.78 is 7.01. The van der Waals surface area contributed by atoms with E-state index in [0.29, 0.717) is 18.0 Å². The van der Waals surface area contributed by atoms with E-state index in [1.54, 1.807) is 19.6 Å². The van der Waals surface area contributed by atoms with Crippen LogP contribution in [0.25, 0.3) is 0 Å². The highest BCUT2D eigenvalue weighted by Gasteiger charge is 2.14. The molecule has 2 aromatic rings. The van der Waals surface area contributed by atoms with Crippen LogP contribution in [0.1, 0.15) is 26.1 Å². The maximum atomic E-state index is 12.1. The van der Waals surface area contributed by atoms with Crippen LogP contribution >= 0.6 is 11.3 Å². The Morgan fingerprint density at radius 3 is 2.95 bits per heavy atom. The summed E-state index contributed by atoms with van der Waals surface area (Å²) >= 11 is 1.41. The largest absolute Gasteiger partial charge is 0.383 e. The second kappa shape index (κ2) is 6.62. The molecule has 2 heterocycles. The standard InChI is InChI=1S/C13H18N4O2S/c1-9-12(20-10(2)16-9)13(18)15-7-11-6-14-8-17(11)4-5-19-3/h6,8H,4-5,7H2,1-3H3,(H,15,18). The predicted molar refractivity (Wildman–Crippen MR) is 76.9 cm³/mol. The highest BCUT2D eigenvalue weighted by atomic mass is 32.1. The summed E-state index contributed by atoms with van der Waals surface area (Å²) in [4.78, 5) is 21.1. The highest BCUT2D eigenvalue weighted by molar-refractivity contribution is 7.13. The van der Waals surface area contributed by atoms with Gasteiger partial charge in [0.15, 0.2) is 0 Å². The van der Waals surface area contributed by atoms with Crippen LogP contribution in [0, 0.1) is 13.8 Å². The van der Waals surface area contributed by atoms with Crippen molar-refractivity contribution in [3.8, 4) is 0 Å². The Bertz CT molecular complexity index is 591. The molecule has 1 amide bonds. The van der Waals surface area contributed by atoms with Crippen LogP contribution < -0.4 is 5.32 Å². The Kier molecular flexibility index (Phi) is 4.86. The predicted octanol–water partition coefficient (Wildman–Crippen LogP) is 1.53. The van der Waals surface area contributed by atoms with E-state index in [2.05, 4.69) is 15.3 Å². The molecule has 7 heteroatoms. The third kappa shape index (κ3) is 3.43. The molecule has 0 fully saturated rings. The lowest BCUT2D eigenvalue weighted by molar-refractivity contribution is 0.0953. The van der Waals surface area contributed by atoms with E-state index < -0.39 is 0 Å². The number of thiazole rings is 1. The van der Waals surface area contributed by atoms with Crippen LogP contribution in [0.15, 0.2) is 12.5 Å². The number of nitrogens with one attached hydrogen (secondary N) is 1. The number of methoxy groups -OCH3 is 1. The van der Waals surface area contributed by atoms with Crippen molar-refractivity contribution in [2.75, 3.05) is 13.7 Å². The third-order valence-corrected chi connectivity index (χ3v) is 3.95. The number of carbonyl (C=O) groups is 1. The average Bonchev–Trinajstić information content (AvgIpc) is 2.99. The molecule has 0 spiro atoms. The normalized spacial score (nSPS) is 10.8. The van der Waals surface area contributed by atoms with Gasteiger partial charge < -0.3 is 14.6 Å². The van der Waals surface area contributed by atoms with Crippen molar-refractivity contribution in [1.82, 2.24) is 19.9 Å². The van der Waals surface area contributed by atoms with Crippen molar-refractivity contribution in [3.05, 3.63) is 33.8 Å². The molecule has 2 aromatic heterocycles. The molecule has 0 atom stereocenters. The smallest absolute Gasteiger partial charge is 0.263 e. The van der Waals surface area contributed by atoms with Crippen LogP contribution in [0.2, 0.25) is 0 Å². The fourth-order valence-electron chi connectivity index (χ4n) is 1.88. The van der Waals surface area contributed by atoms with Gasteiger partial charge in [0.1, 0.15) is 4.88 Å². The fraction of sp³-hybridized carbons (Fsp3) is 0.462. The van der Waals surface area contributed by atoms with Gasteiger partial charge in [-0.15, -0.1) is 11.3 Å². The Balaban J connectivity index is 1.97. The van der Waals surface area contributed by atoms with Crippen LogP contribution in [0.5, 0.6) is 0 Å². The molecule has 108 valence electrons. The zero-order chi connectivity index (χ0) is 14.5. The molecule has 20 heavy (non-hydrogen) atoms. The second-order valence-electron chi connectivity index (χ2n) is 4.40. The van der Waals surface area contributed by atoms with Gasteiger partial charge >= 0.3 is 0 Å². The number of imidazole rings is 1. The molecule has 0 aromatic carbocycles. The van der Waals surface area contributed by atoms with Gasteiger partial charge in [0.2, 0.25) is 0 Å². The Hall–Kier alpha value is -1.73. The summed E-state index contributed by atoms with van der Waals surface area (Å²) in [6.45, 7) is 5.53. The monoisotopic (exact) mass is 294 g/mol. The first-order valence-corrected chi connectivity index (χ1v) is 7.13. The second-order valence-corrected chi connectivity index (χ2v) is 5.60. The number of aryl methyl sites for hydroxylation is 2. The minimum atomic E-state index is -0.0902. The number of hydrogen-bond acceptors (Lipinski definition) is 5. The van der Waals surface area contributed by atoms with Gasteiger partial charge in [0.25, 0.3) is 5.91 Å². The number of aromatic nitrogens is 3. The molecule has 0 aliphatic rings. The number of amides is 1. The molecule has 0 radical (unpaired) electrons. The van der Waals surface area contributed by atoms with Crippen LogP contribution in [0.3, 0.4) is 0 Å². The molecule has 0 aliphatic carbocycles. The third-order valence-electron chi connectivity index (χ3n) is 2.87. The van der Waals surface area contributed by atoms with E-state index in [0.717, 1.165) is 22.9 Å². The lowest BCUT2D eigenvalue weighted by atomic mass is 10.3. The van der Waals surface area contributed by atoms with Gasteiger partial charge in [-0.3, -0.25) is 4.79 Å². The van der Waals surface area contributed by atoms with Gasteiger partial charge in [-0.05, 0) is 13.8 Å².